The molecule has 2 aromatic rings. The maximum atomic E-state index is 12.4. The molecule has 0 atom stereocenters. The second-order valence-corrected chi connectivity index (χ2v) is 5.41. The minimum absolute atomic E-state index is 0.341. The van der Waals surface area contributed by atoms with Crippen LogP contribution in [0.5, 0.6) is 0 Å². The molecule has 1 nitrogen and oxygen atoms in total. The van der Waals surface area contributed by atoms with Crippen molar-refractivity contribution in [1.82, 2.24) is 4.98 Å². The number of alkyl halides is 6. The van der Waals surface area contributed by atoms with Gasteiger partial charge in [0.2, 0.25) is 0 Å². The number of halogens is 6. The fourth-order valence-electron chi connectivity index (χ4n) is 1.63. The first-order valence-corrected chi connectivity index (χ1v) is 6.97. The van der Waals surface area contributed by atoms with Crippen LogP contribution < -0.4 is 0 Å². The molecule has 0 aliphatic rings. The highest BCUT2D eigenvalue weighted by molar-refractivity contribution is 7.99. The summed E-state index contributed by atoms with van der Waals surface area (Å²) in [5, 5.41) is 0. The van der Waals surface area contributed by atoms with E-state index in [4.69, 9.17) is 0 Å². The van der Waals surface area contributed by atoms with Crippen LogP contribution in [0.15, 0.2) is 47.5 Å². The molecular weight excluding hydrogens is 328 g/mol. The van der Waals surface area contributed by atoms with Crippen LogP contribution in [0.1, 0.15) is 5.56 Å². The molecule has 2 rings (SSSR count). The van der Waals surface area contributed by atoms with E-state index in [0.717, 1.165) is 12.1 Å². The van der Waals surface area contributed by atoms with E-state index in [9.17, 15) is 26.3 Å². The van der Waals surface area contributed by atoms with E-state index in [1.807, 2.05) is 0 Å². The van der Waals surface area contributed by atoms with E-state index in [2.05, 4.69) is 4.98 Å². The summed E-state index contributed by atoms with van der Waals surface area (Å²) < 4.78 is 73.6. The predicted octanol–water partition coefficient (Wildman–Crippen LogP) is 5.42. The van der Waals surface area contributed by atoms with Crippen molar-refractivity contribution in [1.29, 1.82) is 0 Å². The summed E-state index contributed by atoms with van der Waals surface area (Å²) >= 11 is 0.601. The first-order chi connectivity index (χ1) is 10.1. The van der Waals surface area contributed by atoms with E-state index in [1.165, 1.54) is 30.5 Å². The van der Waals surface area contributed by atoms with Gasteiger partial charge >= 0.3 is 12.4 Å². The summed E-state index contributed by atoms with van der Waals surface area (Å²) in [6.07, 6.45) is -7.41. The van der Waals surface area contributed by atoms with Crippen molar-refractivity contribution < 1.29 is 26.3 Å². The average Bonchev–Trinajstić information content (AvgIpc) is 2.44. The van der Waals surface area contributed by atoms with Crippen molar-refractivity contribution in [3.8, 4) is 11.3 Å². The number of hydrogen-bond donors (Lipinski definition) is 0. The molecule has 0 amide bonds. The zero-order valence-corrected chi connectivity index (χ0v) is 11.7. The average molecular weight is 337 g/mol. The highest BCUT2D eigenvalue weighted by Gasteiger charge is 2.30. The Balaban J connectivity index is 2.10. The van der Waals surface area contributed by atoms with Gasteiger partial charge in [-0.05, 0) is 24.3 Å². The third-order valence-corrected chi connectivity index (χ3v) is 3.69. The highest BCUT2D eigenvalue weighted by atomic mass is 32.2. The molecule has 1 aromatic carbocycles. The summed E-state index contributed by atoms with van der Waals surface area (Å²) in [6, 6.07) is 7.34. The van der Waals surface area contributed by atoms with Crippen LogP contribution in [0.4, 0.5) is 26.3 Å². The molecule has 0 N–H and O–H groups in total. The van der Waals surface area contributed by atoms with Crippen LogP contribution in [0.2, 0.25) is 0 Å². The number of benzene rings is 1. The molecular formula is C14H9F6NS. The monoisotopic (exact) mass is 337 g/mol. The first-order valence-electron chi connectivity index (χ1n) is 5.98. The molecule has 0 saturated carbocycles. The molecule has 0 fully saturated rings. The van der Waals surface area contributed by atoms with Gasteiger partial charge in [-0.1, -0.05) is 12.1 Å². The SMILES string of the molecule is FC(F)(F)CSc1ccc(-c2ccc(C(F)(F)F)cc2)nc1. The lowest BCUT2D eigenvalue weighted by atomic mass is 10.1. The molecule has 0 aliphatic carbocycles. The van der Waals surface area contributed by atoms with Gasteiger partial charge in [-0.2, -0.15) is 26.3 Å². The number of hydrogen-bond acceptors (Lipinski definition) is 2. The van der Waals surface area contributed by atoms with E-state index < -0.39 is 23.7 Å². The van der Waals surface area contributed by atoms with Gasteiger partial charge in [0.25, 0.3) is 0 Å². The van der Waals surface area contributed by atoms with E-state index in [0.29, 0.717) is 27.9 Å². The topological polar surface area (TPSA) is 12.9 Å². The first kappa shape index (κ1) is 16.7. The number of aromatic nitrogens is 1. The van der Waals surface area contributed by atoms with Crippen molar-refractivity contribution in [3.05, 3.63) is 48.2 Å². The van der Waals surface area contributed by atoms with E-state index in [1.54, 1.807) is 0 Å². The van der Waals surface area contributed by atoms with Crippen LogP contribution in [0, 0.1) is 0 Å². The molecule has 8 heteroatoms. The second-order valence-electron chi connectivity index (χ2n) is 4.36. The van der Waals surface area contributed by atoms with Crippen LogP contribution in [-0.4, -0.2) is 16.9 Å². The lowest BCUT2D eigenvalue weighted by Crippen LogP contribution is -2.10. The molecule has 118 valence electrons. The Kier molecular flexibility index (Phi) is 4.69. The molecule has 22 heavy (non-hydrogen) atoms. The van der Waals surface area contributed by atoms with Gasteiger partial charge in [0.1, 0.15) is 0 Å². The Morgan fingerprint density at radius 3 is 1.95 bits per heavy atom. The van der Waals surface area contributed by atoms with Crippen LogP contribution >= 0.6 is 11.8 Å². The molecule has 1 heterocycles. The summed E-state index contributed by atoms with van der Waals surface area (Å²) in [7, 11) is 0. The fraction of sp³-hybridized carbons (Fsp3) is 0.214. The van der Waals surface area contributed by atoms with Gasteiger partial charge < -0.3 is 0 Å². The molecule has 0 spiro atoms. The molecule has 0 aliphatic heterocycles. The Morgan fingerprint density at radius 2 is 1.50 bits per heavy atom. The van der Waals surface area contributed by atoms with Crippen LogP contribution in [0.25, 0.3) is 11.3 Å². The van der Waals surface area contributed by atoms with Gasteiger partial charge in [-0.3, -0.25) is 4.98 Å². The second kappa shape index (κ2) is 6.20. The molecule has 0 saturated heterocycles. The number of nitrogens with zero attached hydrogens (tertiary/aromatic N) is 1. The van der Waals surface area contributed by atoms with Gasteiger partial charge in [0.05, 0.1) is 17.0 Å². The Hall–Kier alpha value is -1.70. The molecule has 1 aromatic heterocycles. The zero-order valence-electron chi connectivity index (χ0n) is 10.9. The maximum Gasteiger partial charge on any atom is 0.416 e. The largest absolute Gasteiger partial charge is 0.416 e. The van der Waals surface area contributed by atoms with E-state index >= 15 is 0 Å². The van der Waals surface area contributed by atoms with Crippen molar-refractivity contribution in [2.45, 2.75) is 17.2 Å². The Bertz CT molecular complexity index is 616. The van der Waals surface area contributed by atoms with Crippen LogP contribution in [0.3, 0.4) is 0 Å². The summed E-state index contributed by atoms with van der Waals surface area (Å²) in [6.45, 7) is 0. The van der Waals surface area contributed by atoms with Gasteiger partial charge in [-0.25, -0.2) is 0 Å². The molecule has 0 radical (unpaired) electrons. The lowest BCUT2D eigenvalue weighted by Gasteiger charge is -2.08. The number of pyridine rings is 1. The van der Waals surface area contributed by atoms with Gasteiger partial charge in [0, 0.05) is 16.7 Å². The smallest absolute Gasteiger partial charge is 0.255 e. The van der Waals surface area contributed by atoms with Crippen molar-refractivity contribution >= 4 is 11.8 Å². The van der Waals surface area contributed by atoms with Crippen LogP contribution in [-0.2, 0) is 6.18 Å². The van der Waals surface area contributed by atoms with Crippen molar-refractivity contribution in [2.75, 3.05) is 5.75 Å². The van der Waals surface area contributed by atoms with Gasteiger partial charge in [-0.15, -0.1) is 11.8 Å². The van der Waals surface area contributed by atoms with Crippen molar-refractivity contribution in [3.63, 3.8) is 0 Å². The quantitative estimate of drug-likeness (QED) is 0.548. The number of rotatable bonds is 3. The minimum Gasteiger partial charge on any atom is -0.255 e. The summed E-state index contributed by atoms with van der Waals surface area (Å²) in [4.78, 5) is 4.31. The molecule has 0 unspecified atom stereocenters. The fourth-order valence-corrected chi connectivity index (χ4v) is 2.25. The summed E-state index contributed by atoms with van der Waals surface area (Å²) in [5.74, 6) is -1.02. The van der Waals surface area contributed by atoms with Gasteiger partial charge in [0.15, 0.2) is 0 Å². The standard InChI is InChI=1S/C14H9F6NS/c15-13(16,17)8-22-11-5-6-12(21-7-11)9-1-3-10(4-2-9)14(18,19)20/h1-7H,8H2. The molecule has 0 bridgehead atoms. The lowest BCUT2D eigenvalue weighted by molar-refractivity contribution is -0.137. The zero-order chi connectivity index (χ0) is 16.4. The normalized spacial score (nSPS) is 12.5. The Morgan fingerprint density at radius 1 is 0.864 bits per heavy atom. The Labute approximate surface area is 126 Å². The van der Waals surface area contributed by atoms with E-state index in [-0.39, 0.29) is 0 Å². The third-order valence-electron chi connectivity index (χ3n) is 2.65. The highest BCUT2D eigenvalue weighted by Crippen LogP contribution is 2.31. The number of thioether (sulfide) groups is 1. The minimum atomic E-state index is -4.41. The van der Waals surface area contributed by atoms with Crippen molar-refractivity contribution in [2.24, 2.45) is 0 Å². The summed E-state index contributed by atoms with van der Waals surface area (Å²) in [5.41, 5.74) is 0.0825. The third kappa shape index (κ3) is 4.66. The predicted molar refractivity (Wildman–Crippen MR) is 71.5 cm³/mol. The maximum absolute atomic E-state index is 12.4.